The third kappa shape index (κ3) is 6.24. The lowest BCUT2D eigenvalue weighted by Gasteiger charge is -2.33. The maximum atomic E-state index is 12.3. The molecule has 1 saturated heterocycles. The van der Waals surface area contributed by atoms with Gasteiger partial charge in [0.1, 0.15) is 17.5 Å². The third-order valence-corrected chi connectivity index (χ3v) is 3.83. The predicted molar refractivity (Wildman–Crippen MR) is 98.5 cm³/mol. The van der Waals surface area contributed by atoms with E-state index >= 15 is 0 Å². The van der Waals surface area contributed by atoms with Gasteiger partial charge in [0, 0.05) is 25.9 Å². The second-order valence-corrected chi connectivity index (χ2v) is 7.76. The number of esters is 1. The van der Waals surface area contributed by atoms with Crippen LogP contribution in [-0.2, 0) is 9.47 Å². The number of hydrogen-bond acceptors (Lipinski definition) is 5. The van der Waals surface area contributed by atoms with E-state index in [1.54, 1.807) is 29.2 Å². The first-order valence-electron chi connectivity index (χ1n) is 9.09. The van der Waals surface area contributed by atoms with Gasteiger partial charge in [-0.1, -0.05) is 0 Å². The number of benzene rings is 1. The van der Waals surface area contributed by atoms with Crippen molar-refractivity contribution in [1.82, 2.24) is 4.90 Å². The fourth-order valence-corrected chi connectivity index (χ4v) is 2.64. The molecule has 1 fully saturated rings. The summed E-state index contributed by atoms with van der Waals surface area (Å²) in [7, 11) is 0. The number of carbonyl (C=O) groups is 2. The van der Waals surface area contributed by atoms with Crippen LogP contribution in [0.25, 0.3) is 0 Å². The Kier molecular flexibility index (Phi) is 6.51. The molecule has 1 heterocycles. The Hall–Kier alpha value is -2.24. The monoisotopic (exact) mass is 363 g/mol. The summed E-state index contributed by atoms with van der Waals surface area (Å²) in [5.41, 5.74) is -0.0121. The molecule has 1 aromatic carbocycles. The van der Waals surface area contributed by atoms with Crippen LogP contribution in [0.15, 0.2) is 24.3 Å². The second kappa shape index (κ2) is 8.43. The Labute approximate surface area is 155 Å². The summed E-state index contributed by atoms with van der Waals surface area (Å²) in [4.78, 5) is 26.0. The molecule has 1 aliphatic rings. The van der Waals surface area contributed by atoms with E-state index in [1.165, 1.54) is 0 Å². The van der Waals surface area contributed by atoms with Gasteiger partial charge in [-0.05, 0) is 58.9 Å². The fourth-order valence-electron chi connectivity index (χ4n) is 2.64. The summed E-state index contributed by atoms with van der Waals surface area (Å²) in [6, 6.07) is 6.94. The lowest BCUT2D eigenvalue weighted by atomic mass is 10.1. The van der Waals surface area contributed by atoms with Crippen molar-refractivity contribution in [2.24, 2.45) is 0 Å². The molecule has 0 bridgehead atoms. The van der Waals surface area contributed by atoms with Crippen LogP contribution in [-0.4, -0.2) is 47.9 Å². The lowest BCUT2D eigenvalue weighted by Crippen LogP contribution is -2.43. The number of nitrogens with zero attached hydrogens (tertiary/aromatic N) is 1. The van der Waals surface area contributed by atoms with Gasteiger partial charge < -0.3 is 19.1 Å². The van der Waals surface area contributed by atoms with Crippen LogP contribution in [0.1, 0.15) is 57.8 Å². The van der Waals surface area contributed by atoms with Crippen molar-refractivity contribution in [2.75, 3.05) is 13.1 Å². The average Bonchev–Trinajstić information content (AvgIpc) is 2.54. The lowest BCUT2D eigenvalue weighted by molar-refractivity contribution is -0.00340. The minimum Gasteiger partial charge on any atom is -0.491 e. The molecule has 1 aliphatic heterocycles. The number of piperidine rings is 1. The molecule has 0 unspecified atom stereocenters. The van der Waals surface area contributed by atoms with Crippen LogP contribution in [0.2, 0.25) is 0 Å². The van der Waals surface area contributed by atoms with E-state index in [2.05, 4.69) is 0 Å². The molecule has 0 spiro atoms. The van der Waals surface area contributed by atoms with Crippen molar-refractivity contribution >= 4 is 12.1 Å². The molecule has 26 heavy (non-hydrogen) atoms. The smallest absolute Gasteiger partial charge is 0.410 e. The Balaban J connectivity index is 1.81. The summed E-state index contributed by atoms with van der Waals surface area (Å²) in [5.74, 6) is 0.374. The highest BCUT2D eigenvalue weighted by atomic mass is 16.6. The van der Waals surface area contributed by atoms with Crippen LogP contribution in [0.5, 0.6) is 5.75 Å². The Morgan fingerprint density at radius 2 is 1.65 bits per heavy atom. The van der Waals surface area contributed by atoms with Crippen molar-refractivity contribution < 1.29 is 23.8 Å². The van der Waals surface area contributed by atoms with E-state index in [9.17, 15) is 9.59 Å². The minimum atomic E-state index is -0.508. The van der Waals surface area contributed by atoms with Crippen LogP contribution < -0.4 is 4.74 Å². The molecule has 1 amide bonds. The summed E-state index contributed by atoms with van der Waals surface area (Å²) < 4.78 is 16.5. The Morgan fingerprint density at radius 3 is 2.15 bits per heavy atom. The normalized spacial score (nSPS) is 15.7. The first-order valence-corrected chi connectivity index (χ1v) is 9.09. The zero-order chi connectivity index (χ0) is 19.3. The van der Waals surface area contributed by atoms with Crippen LogP contribution >= 0.6 is 0 Å². The first kappa shape index (κ1) is 20.1. The minimum absolute atomic E-state index is 0.0861. The van der Waals surface area contributed by atoms with Gasteiger partial charge >= 0.3 is 12.1 Å². The highest BCUT2D eigenvalue weighted by molar-refractivity contribution is 5.89. The summed E-state index contributed by atoms with van der Waals surface area (Å²) in [6.45, 7) is 10.5. The third-order valence-electron chi connectivity index (χ3n) is 3.83. The molecule has 0 radical (unpaired) electrons. The largest absolute Gasteiger partial charge is 0.491 e. The average molecular weight is 363 g/mol. The number of carbonyl (C=O) groups excluding carboxylic acids is 2. The Bertz CT molecular complexity index is 610. The summed E-state index contributed by atoms with van der Waals surface area (Å²) in [6.07, 6.45) is 0.803. The molecule has 0 saturated carbocycles. The van der Waals surface area contributed by atoms with Crippen molar-refractivity contribution in [3.05, 3.63) is 29.8 Å². The second-order valence-electron chi connectivity index (χ2n) is 7.76. The van der Waals surface area contributed by atoms with Gasteiger partial charge in [-0.15, -0.1) is 0 Å². The van der Waals surface area contributed by atoms with Gasteiger partial charge in [-0.2, -0.15) is 0 Å². The Morgan fingerprint density at radius 1 is 1.08 bits per heavy atom. The quantitative estimate of drug-likeness (QED) is 0.756. The van der Waals surface area contributed by atoms with E-state index in [4.69, 9.17) is 14.2 Å². The van der Waals surface area contributed by atoms with Crippen LogP contribution in [0.3, 0.4) is 0 Å². The van der Waals surface area contributed by atoms with Crippen molar-refractivity contribution in [3.63, 3.8) is 0 Å². The zero-order valence-electron chi connectivity index (χ0n) is 16.3. The molecule has 2 rings (SSSR count). The number of rotatable bonds is 4. The standard InChI is InChI=1S/C20H29NO5/c1-14(2)24-16-8-6-15(7-9-16)18(22)25-17-10-12-21(13-11-17)19(23)26-20(3,4)5/h6-9,14,17H,10-13H2,1-5H3. The molecule has 0 aromatic heterocycles. The highest BCUT2D eigenvalue weighted by Gasteiger charge is 2.28. The molecular weight excluding hydrogens is 334 g/mol. The molecule has 1 aromatic rings. The molecule has 6 heteroatoms. The van der Waals surface area contributed by atoms with Gasteiger partial charge in [0.25, 0.3) is 0 Å². The van der Waals surface area contributed by atoms with Gasteiger partial charge in [-0.3, -0.25) is 0 Å². The van der Waals surface area contributed by atoms with Crippen molar-refractivity contribution in [3.8, 4) is 5.75 Å². The van der Waals surface area contributed by atoms with E-state index in [-0.39, 0.29) is 24.3 Å². The molecule has 0 N–H and O–H groups in total. The molecule has 0 atom stereocenters. The van der Waals surface area contributed by atoms with Crippen molar-refractivity contribution in [2.45, 2.75) is 65.3 Å². The summed E-state index contributed by atoms with van der Waals surface area (Å²) >= 11 is 0. The molecule has 6 nitrogen and oxygen atoms in total. The van der Waals surface area contributed by atoms with Crippen LogP contribution in [0, 0.1) is 0 Å². The number of likely N-dealkylation sites (tertiary alicyclic amines) is 1. The van der Waals surface area contributed by atoms with Gasteiger partial charge in [-0.25, -0.2) is 9.59 Å². The highest BCUT2D eigenvalue weighted by Crippen LogP contribution is 2.20. The molecule has 144 valence electrons. The van der Waals surface area contributed by atoms with Crippen molar-refractivity contribution in [1.29, 1.82) is 0 Å². The van der Waals surface area contributed by atoms with E-state index in [1.807, 2.05) is 34.6 Å². The maximum Gasteiger partial charge on any atom is 0.410 e. The zero-order valence-corrected chi connectivity index (χ0v) is 16.3. The van der Waals surface area contributed by atoms with Crippen LogP contribution in [0.4, 0.5) is 4.79 Å². The predicted octanol–water partition coefficient (Wildman–Crippen LogP) is 4.03. The molecular formula is C20H29NO5. The van der Waals surface area contributed by atoms with Gasteiger partial charge in [0.05, 0.1) is 11.7 Å². The first-order chi connectivity index (χ1) is 12.1. The number of amides is 1. The SMILES string of the molecule is CC(C)Oc1ccc(C(=O)OC2CCN(C(=O)OC(C)(C)C)CC2)cc1. The topological polar surface area (TPSA) is 65.1 Å². The van der Waals surface area contributed by atoms with E-state index < -0.39 is 5.60 Å². The van der Waals surface area contributed by atoms with E-state index in [0.29, 0.717) is 31.5 Å². The number of ether oxygens (including phenoxy) is 3. The van der Waals surface area contributed by atoms with Gasteiger partial charge in [0.2, 0.25) is 0 Å². The van der Waals surface area contributed by atoms with E-state index in [0.717, 1.165) is 5.75 Å². The maximum absolute atomic E-state index is 12.3. The fraction of sp³-hybridized carbons (Fsp3) is 0.600. The van der Waals surface area contributed by atoms with Gasteiger partial charge in [0.15, 0.2) is 0 Å². The molecule has 0 aliphatic carbocycles. The number of hydrogen-bond donors (Lipinski definition) is 0. The summed E-state index contributed by atoms with van der Waals surface area (Å²) in [5, 5.41) is 0.